The molecule has 5 rings (SSSR count). The standard InChI is InChI=1S/C21H16N4O3S2/c1-11-9-29-21(22-11)30-10-14-13-4-2-3-5-17(13)28-18(14)19(26)23-12-6-7-15-16(8-12)25-20(27)24-15/h2-9H,10H2,1H3,(H,23,26)(H2,24,25,27). The number of aromatic nitrogens is 3. The van der Waals surface area contributed by atoms with E-state index in [0.29, 0.717) is 28.1 Å². The summed E-state index contributed by atoms with van der Waals surface area (Å²) in [6.07, 6.45) is 0. The molecule has 0 aliphatic heterocycles. The van der Waals surface area contributed by atoms with Crippen LogP contribution in [0.1, 0.15) is 21.8 Å². The fraction of sp³-hybridized carbons (Fsp3) is 0.0952. The lowest BCUT2D eigenvalue weighted by atomic mass is 10.1. The predicted molar refractivity (Wildman–Crippen MR) is 119 cm³/mol. The molecular formula is C21H16N4O3S2. The fourth-order valence-corrected chi connectivity index (χ4v) is 5.13. The van der Waals surface area contributed by atoms with E-state index in [1.54, 1.807) is 41.3 Å². The Labute approximate surface area is 178 Å². The van der Waals surface area contributed by atoms with Crippen molar-refractivity contribution in [3.63, 3.8) is 0 Å². The number of H-pyrrole nitrogens is 2. The molecule has 3 N–H and O–H groups in total. The molecule has 5 aromatic rings. The van der Waals surface area contributed by atoms with Crippen molar-refractivity contribution in [1.82, 2.24) is 15.0 Å². The van der Waals surface area contributed by atoms with Crippen LogP contribution in [-0.4, -0.2) is 20.9 Å². The highest BCUT2D eigenvalue weighted by Crippen LogP contribution is 2.33. The van der Waals surface area contributed by atoms with E-state index < -0.39 is 0 Å². The summed E-state index contributed by atoms with van der Waals surface area (Å²) >= 11 is 3.17. The van der Waals surface area contributed by atoms with Crippen molar-refractivity contribution in [3.05, 3.63) is 75.3 Å². The smallest absolute Gasteiger partial charge is 0.323 e. The zero-order valence-electron chi connectivity index (χ0n) is 15.8. The number of benzene rings is 2. The van der Waals surface area contributed by atoms with Crippen molar-refractivity contribution >= 4 is 56.7 Å². The minimum absolute atomic E-state index is 0.277. The molecule has 2 aromatic carbocycles. The van der Waals surface area contributed by atoms with Crippen LogP contribution >= 0.6 is 23.1 Å². The molecule has 0 spiro atoms. The highest BCUT2D eigenvalue weighted by atomic mass is 32.2. The maximum Gasteiger partial charge on any atom is 0.323 e. The van der Waals surface area contributed by atoms with E-state index in [1.807, 2.05) is 36.6 Å². The van der Waals surface area contributed by atoms with Gasteiger partial charge in [0.15, 0.2) is 5.76 Å². The van der Waals surface area contributed by atoms with Crippen molar-refractivity contribution in [2.75, 3.05) is 5.32 Å². The van der Waals surface area contributed by atoms with Gasteiger partial charge in [0.2, 0.25) is 0 Å². The SMILES string of the molecule is Cc1csc(SCc2c(C(=O)Nc3ccc4[nH]c(=O)[nH]c4c3)oc3ccccc23)n1. The molecule has 3 aromatic heterocycles. The number of para-hydroxylation sites is 1. The summed E-state index contributed by atoms with van der Waals surface area (Å²) in [6, 6.07) is 12.8. The van der Waals surface area contributed by atoms with E-state index in [9.17, 15) is 9.59 Å². The number of nitrogens with one attached hydrogen (secondary N) is 3. The van der Waals surface area contributed by atoms with Crippen molar-refractivity contribution in [1.29, 1.82) is 0 Å². The van der Waals surface area contributed by atoms with E-state index in [1.165, 1.54) is 0 Å². The number of rotatable bonds is 5. The fourth-order valence-electron chi connectivity index (χ4n) is 3.26. The number of aryl methyl sites for hydroxylation is 1. The number of thiazole rings is 1. The predicted octanol–water partition coefficient (Wildman–Crippen LogP) is 4.91. The number of aromatic amines is 2. The summed E-state index contributed by atoms with van der Waals surface area (Å²) in [7, 11) is 0. The average Bonchev–Trinajstić information content (AvgIpc) is 3.41. The van der Waals surface area contributed by atoms with E-state index in [2.05, 4.69) is 20.3 Å². The molecule has 3 heterocycles. The quantitative estimate of drug-likeness (QED) is 0.340. The Bertz CT molecular complexity index is 1440. The number of fused-ring (bicyclic) bond motifs is 2. The third-order valence-corrected chi connectivity index (χ3v) is 6.78. The second kappa shape index (κ2) is 7.51. The second-order valence-corrected chi connectivity index (χ2v) is 8.82. The minimum Gasteiger partial charge on any atom is -0.451 e. The number of amides is 1. The molecule has 0 saturated carbocycles. The van der Waals surface area contributed by atoms with E-state index >= 15 is 0 Å². The number of carbonyl (C=O) groups is 1. The van der Waals surface area contributed by atoms with Gasteiger partial charge in [-0.25, -0.2) is 9.78 Å². The van der Waals surface area contributed by atoms with Gasteiger partial charge in [-0.15, -0.1) is 11.3 Å². The van der Waals surface area contributed by atoms with Gasteiger partial charge in [0.25, 0.3) is 5.91 Å². The first kappa shape index (κ1) is 18.7. The van der Waals surface area contributed by atoms with E-state index in [4.69, 9.17) is 4.42 Å². The first-order valence-corrected chi connectivity index (χ1v) is 11.0. The maximum atomic E-state index is 13.1. The van der Waals surface area contributed by atoms with E-state index in [0.717, 1.165) is 21.0 Å². The van der Waals surface area contributed by atoms with Crippen LogP contribution in [0.25, 0.3) is 22.0 Å². The lowest BCUT2D eigenvalue weighted by molar-refractivity contribution is 0.0998. The average molecular weight is 437 g/mol. The summed E-state index contributed by atoms with van der Waals surface area (Å²) in [6.45, 7) is 1.96. The van der Waals surface area contributed by atoms with Crippen LogP contribution in [0.4, 0.5) is 5.69 Å². The molecule has 150 valence electrons. The summed E-state index contributed by atoms with van der Waals surface area (Å²) < 4.78 is 6.86. The van der Waals surface area contributed by atoms with Gasteiger partial charge >= 0.3 is 5.69 Å². The first-order chi connectivity index (χ1) is 14.6. The summed E-state index contributed by atoms with van der Waals surface area (Å²) in [5.41, 5.74) is 4.06. The van der Waals surface area contributed by atoms with Gasteiger partial charge in [0.1, 0.15) is 9.92 Å². The number of anilines is 1. The molecule has 30 heavy (non-hydrogen) atoms. The number of hydrogen-bond acceptors (Lipinski definition) is 6. The summed E-state index contributed by atoms with van der Waals surface area (Å²) in [5.74, 6) is 0.505. The van der Waals surface area contributed by atoms with Crippen LogP contribution in [-0.2, 0) is 5.75 Å². The number of furan rings is 1. The lowest BCUT2D eigenvalue weighted by Crippen LogP contribution is -2.12. The van der Waals surface area contributed by atoms with Crippen molar-refractivity contribution in [2.24, 2.45) is 0 Å². The summed E-state index contributed by atoms with van der Waals surface area (Å²) in [5, 5.41) is 5.79. The first-order valence-electron chi connectivity index (χ1n) is 9.15. The zero-order valence-corrected chi connectivity index (χ0v) is 17.4. The van der Waals surface area contributed by atoms with Crippen LogP contribution in [0.3, 0.4) is 0 Å². The van der Waals surface area contributed by atoms with Gasteiger partial charge in [0, 0.05) is 33.5 Å². The molecule has 0 aliphatic rings. The Morgan fingerprint density at radius 2 is 2.03 bits per heavy atom. The van der Waals surface area contributed by atoms with Crippen LogP contribution in [0.2, 0.25) is 0 Å². The maximum absolute atomic E-state index is 13.1. The number of imidazole rings is 1. The Kier molecular flexibility index (Phi) is 4.68. The van der Waals surface area contributed by atoms with Crippen LogP contribution in [0, 0.1) is 6.92 Å². The third-order valence-electron chi connectivity index (χ3n) is 4.62. The number of thioether (sulfide) groups is 1. The van der Waals surface area contributed by atoms with Crippen molar-refractivity contribution in [2.45, 2.75) is 17.0 Å². The lowest BCUT2D eigenvalue weighted by Gasteiger charge is -2.05. The highest BCUT2D eigenvalue weighted by Gasteiger charge is 2.21. The molecule has 0 saturated heterocycles. The topological polar surface area (TPSA) is 104 Å². The highest BCUT2D eigenvalue weighted by molar-refractivity contribution is 8.00. The van der Waals surface area contributed by atoms with Crippen molar-refractivity contribution in [3.8, 4) is 0 Å². The molecule has 0 radical (unpaired) electrons. The normalized spacial score (nSPS) is 11.4. The third kappa shape index (κ3) is 3.53. The van der Waals surface area contributed by atoms with Gasteiger partial charge in [0.05, 0.1) is 11.0 Å². The van der Waals surface area contributed by atoms with Gasteiger partial charge in [-0.2, -0.15) is 0 Å². The summed E-state index contributed by atoms with van der Waals surface area (Å²) in [4.78, 5) is 34.4. The van der Waals surface area contributed by atoms with E-state index in [-0.39, 0.29) is 17.4 Å². The van der Waals surface area contributed by atoms with Crippen LogP contribution in [0.5, 0.6) is 0 Å². The number of carbonyl (C=O) groups excluding carboxylic acids is 1. The molecule has 0 unspecified atom stereocenters. The number of hydrogen-bond donors (Lipinski definition) is 3. The Balaban J connectivity index is 1.46. The minimum atomic E-state index is -0.339. The Morgan fingerprint density at radius 3 is 2.87 bits per heavy atom. The Hall–Kier alpha value is -3.30. The van der Waals surface area contributed by atoms with Crippen LogP contribution < -0.4 is 11.0 Å². The van der Waals surface area contributed by atoms with Gasteiger partial charge in [-0.05, 0) is 31.2 Å². The van der Waals surface area contributed by atoms with Crippen molar-refractivity contribution < 1.29 is 9.21 Å². The second-order valence-electron chi connectivity index (χ2n) is 6.74. The molecule has 0 atom stereocenters. The molecule has 9 heteroatoms. The number of nitrogens with zero attached hydrogens (tertiary/aromatic N) is 1. The molecule has 7 nitrogen and oxygen atoms in total. The Morgan fingerprint density at radius 1 is 1.20 bits per heavy atom. The molecule has 0 bridgehead atoms. The van der Waals surface area contributed by atoms with Gasteiger partial charge < -0.3 is 19.7 Å². The van der Waals surface area contributed by atoms with Crippen LogP contribution in [0.15, 0.2) is 61.4 Å². The zero-order chi connectivity index (χ0) is 20.7. The van der Waals surface area contributed by atoms with Gasteiger partial charge in [-0.3, -0.25) is 4.79 Å². The molecular weight excluding hydrogens is 420 g/mol. The molecule has 0 fully saturated rings. The molecule has 1 amide bonds. The van der Waals surface area contributed by atoms with Gasteiger partial charge in [-0.1, -0.05) is 30.0 Å². The monoisotopic (exact) mass is 436 g/mol. The molecule has 0 aliphatic carbocycles. The largest absolute Gasteiger partial charge is 0.451 e.